The van der Waals surface area contributed by atoms with Gasteiger partial charge in [-0.25, -0.2) is 4.98 Å². The number of nitrogens with zero attached hydrogens (tertiary/aromatic N) is 2. The molecule has 0 saturated heterocycles. The summed E-state index contributed by atoms with van der Waals surface area (Å²) in [7, 11) is 0. The van der Waals surface area contributed by atoms with E-state index >= 15 is 0 Å². The minimum absolute atomic E-state index is 0.0368. The highest BCUT2D eigenvalue weighted by molar-refractivity contribution is 8.00. The molecule has 1 N–H and O–H groups in total. The number of aromatic nitrogens is 2. The Balaban J connectivity index is 1.84. The molecule has 6 heteroatoms. The first-order valence-electron chi connectivity index (χ1n) is 10.1. The molecule has 0 unspecified atom stereocenters. The number of nitrogens with one attached hydrogen (secondary N) is 1. The third-order valence-corrected chi connectivity index (χ3v) is 5.84. The van der Waals surface area contributed by atoms with Crippen molar-refractivity contribution in [2.75, 3.05) is 5.32 Å². The third-order valence-electron chi connectivity index (χ3n) is 4.75. The highest BCUT2D eigenvalue weighted by Gasteiger charge is 2.19. The zero-order valence-electron chi connectivity index (χ0n) is 16.9. The maximum absolute atomic E-state index is 13.1. The summed E-state index contributed by atoms with van der Waals surface area (Å²) in [6.07, 6.45) is 4.28. The quantitative estimate of drug-likeness (QED) is 0.303. The number of carbonyl (C=O) groups is 1. The van der Waals surface area contributed by atoms with Crippen molar-refractivity contribution in [2.45, 2.75) is 56.5 Å². The van der Waals surface area contributed by atoms with Crippen molar-refractivity contribution in [3.8, 4) is 0 Å². The molecule has 1 heterocycles. The van der Waals surface area contributed by atoms with Gasteiger partial charge in [-0.05, 0) is 37.6 Å². The molecule has 0 radical (unpaired) electrons. The molecule has 1 atom stereocenters. The van der Waals surface area contributed by atoms with E-state index in [2.05, 4.69) is 12.2 Å². The summed E-state index contributed by atoms with van der Waals surface area (Å²) in [6, 6.07) is 16.8. The number of rotatable bonds is 9. The van der Waals surface area contributed by atoms with Crippen LogP contribution in [-0.2, 0) is 11.3 Å². The van der Waals surface area contributed by atoms with Gasteiger partial charge in [0.15, 0.2) is 5.16 Å². The lowest BCUT2D eigenvalue weighted by Gasteiger charge is -2.16. The number of unbranched alkanes of at least 4 members (excludes halogenated alkanes) is 3. The molecular weight excluding hydrogens is 382 g/mol. The van der Waals surface area contributed by atoms with Crippen molar-refractivity contribution >= 4 is 34.3 Å². The SMILES string of the molecule is CCCCCCn1c(S[C@H](C)C(=O)Nc2ccccc2)nc2ccccc2c1=O. The molecule has 1 amide bonds. The summed E-state index contributed by atoms with van der Waals surface area (Å²) in [4.78, 5) is 30.4. The van der Waals surface area contributed by atoms with Gasteiger partial charge in [-0.2, -0.15) is 0 Å². The second-order valence-electron chi connectivity index (χ2n) is 7.04. The van der Waals surface area contributed by atoms with Crippen LogP contribution < -0.4 is 10.9 Å². The number of anilines is 1. The van der Waals surface area contributed by atoms with Crippen molar-refractivity contribution in [1.82, 2.24) is 9.55 Å². The maximum atomic E-state index is 13.1. The Morgan fingerprint density at radius 2 is 1.79 bits per heavy atom. The van der Waals surface area contributed by atoms with Crippen LogP contribution in [0.2, 0.25) is 0 Å². The second-order valence-corrected chi connectivity index (χ2v) is 8.35. The van der Waals surface area contributed by atoms with Crippen LogP contribution in [0, 0.1) is 0 Å². The van der Waals surface area contributed by atoms with E-state index in [9.17, 15) is 9.59 Å². The van der Waals surface area contributed by atoms with Crippen molar-refractivity contribution in [3.63, 3.8) is 0 Å². The van der Waals surface area contributed by atoms with Crippen LogP contribution in [0.3, 0.4) is 0 Å². The van der Waals surface area contributed by atoms with E-state index in [1.54, 1.807) is 4.57 Å². The molecule has 0 aliphatic rings. The smallest absolute Gasteiger partial charge is 0.262 e. The van der Waals surface area contributed by atoms with E-state index in [1.807, 2.05) is 61.5 Å². The van der Waals surface area contributed by atoms with Gasteiger partial charge in [-0.3, -0.25) is 14.2 Å². The predicted octanol–water partition coefficient (Wildman–Crippen LogP) is 5.10. The summed E-state index contributed by atoms with van der Waals surface area (Å²) in [5, 5.41) is 3.75. The predicted molar refractivity (Wildman–Crippen MR) is 121 cm³/mol. The number of carbonyl (C=O) groups excluding carboxylic acids is 1. The molecule has 29 heavy (non-hydrogen) atoms. The minimum atomic E-state index is -0.384. The van der Waals surface area contributed by atoms with Crippen molar-refractivity contribution in [1.29, 1.82) is 0 Å². The van der Waals surface area contributed by atoms with E-state index in [1.165, 1.54) is 11.8 Å². The van der Waals surface area contributed by atoms with Gasteiger partial charge in [0, 0.05) is 12.2 Å². The van der Waals surface area contributed by atoms with Crippen molar-refractivity contribution < 1.29 is 4.79 Å². The number of benzene rings is 2. The van der Waals surface area contributed by atoms with Gasteiger partial charge in [0.25, 0.3) is 5.56 Å². The molecule has 1 aromatic heterocycles. The van der Waals surface area contributed by atoms with Crippen LogP contribution in [0.15, 0.2) is 64.5 Å². The van der Waals surface area contributed by atoms with Crippen LogP contribution in [0.25, 0.3) is 10.9 Å². The van der Waals surface area contributed by atoms with Crippen molar-refractivity contribution in [2.24, 2.45) is 0 Å². The topological polar surface area (TPSA) is 64.0 Å². The van der Waals surface area contributed by atoms with E-state index in [4.69, 9.17) is 4.98 Å². The van der Waals surface area contributed by atoms with Crippen LogP contribution in [-0.4, -0.2) is 20.7 Å². The molecule has 152 valence electrons. The monoisotopic (exact) mass is 409 g/mol. The van der Waals surface area contributed by atoms with Crippen LogP contribution >= 0.6 is 11.8 Å². The van der Waals surface area contributed by atoms with E-state index in [0.29, 0.717) is 22.6 Å². The zero-order valence-corrected chi connectivity index (χ0v) is 17.7. The summed E-state index contributed by atoms with van der Waals surface area (Å²) in [5.41, 5.74) is 1.39. The number of thioether (sulfide) groups is 1. The Bertz CT molecular complexity index is 1020. The molecule has 0 saturated carbocycles. The Labute approximate surface area is 175 Å². The summed E-state index contributed by atoms with van der Waals surface area (Å²) < 4.78 is 1.73. The number of hydrogen-bond donors (Lipinski definition) is 1. The Hall–Kier alpha value is -2.60. The number of fused-ring (bicyclic) bond motifs is 1. The van der Waals surface area contributed by atoms with Gasteiger partial charge in [0.2, 0.25) is 5.91 Å². The highest BCUT2D eigenvalue weighted by Crippen LogP contribution is 2.24. The number of para-hydroxylation sites is 2. The first kappa shape index (κ1) is 21.1. The second kappa shape index (κ2) is 10.3. The fraction of sp³-hybridized carbons (Fsp3) is 0.348. The standard InChI is InChI=1S/C23H27N3O2S/c1-3-4-5-11-16-26-22(28)19-14-9-10-15-20(19)25-23(26)29-17(2)21(27)24-18-12-7-6-8-13-18/h6-10,12-15,17H,3-5,11,16H2,1-2H3,(H,24,27)/t17-/m1/s1. The molecular formula is C23H27N3O2S. The van der Waals surface area contributed by atoms with Gasteiger partial charge in [0.1, 0.15) is 0 Å². The summed E-state index contributed by atoms with van der Waals surface area (Å²) in [6.45, 7) is 4.62. The van der Waals surface area contributed by atoms with Crippen molar-refractivity contribution in [3.05, 3.63) is 65.0 Å². The maximum Gasteiger partial charge on any atom is 0.262 e. The van der Waals surface area contributed by atoms with E-state index in [-0.39, 0.29) is 16.7 Å². The molecule has 0 aliphatic carbocycles. The van der Waals surface area contributed by atoms with Gasteiger partial charge < -0.3 is 5.32 Å². The molecule has 0 aliphatic heterocycles. The normalized spacial score (nSPS) is 12.1. The minimum Gasteiger partial charge on any atom is -0.325 e. The Kier molecular flexibility index (Phi) is 7.47. The van der Waals surface area contributed by atoms with Crippen LogP contribution in [0.1, 0.15) is 39.5 Å². The lowest BCUT2D eigenvalue weighted by molar-refractivity contribution is -0.115. The van der Waals surface area contributed by atoms with E-state index < -0.39 is 0 Å². The number of amides is 1. The Morgan fingerprint density at radius 3 is 2.55 bits per heavy atom. The van der Waals surface area contributed by atoms with Gasteiger partial charge in [0.05, 0.1) is 16.2 Å². The van der Waals surface area contributed by atoms with Crippen LogP contribution in [0.4, 0.5) is 5.69 Å². The van der Waals surface area contributed by atoms with Gasteiger partial charge in [-0.15, -0.1) is 0 Å². The first-order valence-corrected chi connectivity index (χ1v) is 11.0. The largest absolute Gasteiger partial charge is 0.325 e. The molecule has 0 fully saturated rings. The lowest BCUT2D eigenvalue weighted by Crippen LogP contribution is -2.27. The summed E-state index contributed by atoms with van der Waals surface area (Å²) in [5.74, 6) is -0.110. The van der Waals surface area contributed by atoms with Crippen LogP contribution in [0.5, 0.6) is 0 Å². The average molecular weight is 410 g/mol. The molecule has 0 bridgehead atoms. The van der Waals surface area contributed by atoms with Gasteiger partial charge in [-0.1, -0.05) is 68.3 Å². The fourth-order valence-electron chi connectivity index (χ4n) is 3.11. The molecule has 5 nitrogen and oxygen atoms in total. The molecule has 0 spiro atoms. The Morgan fingerprint density at radius 1 is 1.07 bits per heavy atom. The van der Waals surface area contributed by atoms with E-state index in [0.717, 1.165) is 31.4 Å². The molecule has 3 aromatic rings. The first-order chi connectivity index (χ1) is 14.1. The summed E-state index contributed by atoms with van der Waals surface area (Å²) >= 11 is 1.33. The fourth-order valence-corrected chi connectivity index (χ4v) is 4.04. The number of hydrogen-bond acceptors (Lipinski definition) is 4. The molecule has 3 rings (SSSR count). The van der Waals surface area contributed by atoms with Gasteiger partial charge >= 0.3 is 0 Å². The zero-order chi connectivity index (χ0) is 20.6. The lowest BCUT2D eigenvalue weighted by atomic mass is 10.2. The molecule has 2 aromatic carbocycles. The average Bonchev–Trinajstić information content (AvgIpc) is 2.73. The third kappa shape index (κ3) is 5.48. The highest BCUT2D eigenvalue weighted by atomic mass is 32.2.